The first-order valence-electron chi connectivity index (χ1n) is 12.9. The molecule has 31 heavy (non-hydrogen) atoms. The highest BCUT2D eigenvalue weighted by atomic mass is 15.3. The van der Waals surface area contributed by atoms with Crippen molar-refractivity contribution in [1.29, 1.82) is 0 Å². The number of piperidine rings is 1. The van der Waals surface area contributed by atoms with E-state index in [0.29, 0.717) is 0 Å². The lowest BCUT2D eigenvalue weighted by atomic mass is 10.0. The maximum atomic E-state index is 2.60. The molecule has 2 aliphatic heterocycles. The average molecular weight is 441 g/mol. The third kappa shape index (κ3) is 12.0. The molecule has 0 unspecified atom stereocenters. The Hall–Kier alpha value is -0.160. The molecule has 4 heteroatoms. The molecule has 0 aromatic heterocycles. The number of hydrogen-bond acceptors (Lipinski definition) is 4. The summed E-state index contributed by atoms with van der Waals surface area (Å²) in [6.45, 7) is 26.0. The van der Waals surface area contributed by atoms with Gasteiger partial charge in [0.1, 0.15) is 0 Å². The van der Waals surface area contributed by atoms with E-state index in [0.717, 1.165) is 36.0 Å². The molecule has 0 radical (unpaired) electrons. The second kappa shape index (κ2) is 15.6. The first-order valence-corrected chi connectivity index (χ1v) is 12.9. The zero-order valence-corrected chi connectivity index (χ0v) is 22.3. The van der Waals surface area contributed by atoms with Gasteiger partial charge in [0, 0.05) is 37.3 Å². The van der Waals surface area contributed by atoms with Crippen molar-refractivity contribution >= 4 is 0 Å². The highest BCUT2D eigenvalue weighted by molar-refractivity contribution is 4.88. The van der Waals surface area contributed by atoms with Gasteiger partial charge in [0.25, 0.3) is 0 Å². The van der Waals surface area contributed by atoms with Crippen LogP contribution in [0.4, 0.5) is 0 Å². The number of nitrogens with zero attached hydrogens (tertiary/aromatic N) is 4. The molecule has 2 fully saturated rings. The minimum atomic E-state index is 0. The van der Waals surface area contributed by atoms with Crippen molar-refractivity contribution < 1.29 is 0 Å². The first kappa shape index (κ1) is 30.8. The van der Waals surface area contributed by atoms with E-state index in [1.165, 1.54) is 65.0 Å². The van der Waals surface area contributed by atoms with E-state index in [1.807, 2.05) is 0 Å². The lowest BCUT2D eigenvalue weighted by Gasteiger charge is -2.46. The monoisotopic (exact) mass is 440 g/mol. The fourth-order valence-corrected chi connectivity index (χ4v) is 4.32. The molecular formula is C27H60N4. The van der Waals surface area contributed by atoms with Crippen LogP contribution in [0.15, 0.2) is 0 Å². The fraction of sp³-hybridized carbons (Fsp3) is 1.00. The Balaban J connectivity index is 0.000000567. The SMILES string of the molecule is C.CC(C)CCN(C)C1CCN(C(C)C)CC1.CC(C)CCN(C)C1CN(C(C)C)C1. The van der Waals surface area contributed by atoms with Crippen molar-refractivity contribution in [1.82, 2.24) is 19.6 Å². The Kier molecular flexibility index (Phi) is 15.6. The molecular weight excluding hydrogens is 380 g/mol. The van der Waals surface area contributed by atoms with Gasteiger partial charge in [0.15, 0.2) is 0 Å². The Labute approximate surface area is 197 Å². The quantitative estimate of drug-likeness (QED) is 0.443. The molecule has 0 aliphatic carbocycles. The van der Waals surface area contributed by atoms with E-state index in [2.05, 4.69) is 89.1 Å². The molecule has 0 aromatic carbocycles. The van der Waals surface area contributed by atoms with Crippen molar-refractivity contribution in [2.75, 3.05) is 53.4 Å². The van der Waals surface area contributed by atoms with Crippen molar-refractivity contribution in [2.24, 2.45) is 11.8 Å². The van der Waals surface area contributed by atoms with Gasteiger partial charge in [-0.05, 0) is 105 Å². The molecule has 0 amide bonds. The molecule has 0 atom stereocenters. The largest absolute Gasteiger partial charge is 0.303 e. The number of likely N-dealkylation sites (N-methyl/N-ethyl adjacent to an activating group) is 1. The minimum absolute atomic E-state index is 0. The van der Waals surface area contributed by atoms with Crippen LogP contribution < -0.4 is 0 Å². The summed E-state index contributed by atoms with van der Waals surface area (Å²) in [7, 11) is 4.57. The summed E-state index contributed by atoms with van der Waals surface area (Å²) >= 11 is 0. The Morgan fingerprint density at radius 3 is 1.39 bits per heavy atom. The summed E-state index contributed by atoms with van der Waals surface area (Å²) in [6.07, 6.45) is 5.37. The average Bonchev–Trinajstić information content (AvgIpc) is 2.63. The number of likely N-dealkylation sites (tertiary alicyclic amines) is 2. The van der Waals surface area contributed by atoms with Gasteiger partial charge in [-0.1, -0.05) is 35.1 Å². The first-order chi connectivity index (χ1) is 14.0. The van der Waals surface area contributed by atoms with E-state index in [9.17, 15) is 0 Å². The highest BCUT2D eigenvalue weighted by Crippen LogP contribution is 2.18. The van der Waals surface area contributed by atoms with Crippen LogP contribution in [0, 0.1) is 11.8 Å². The van der Waals surface area contributed by atoms with E-state index in [-0.39, 0.29) is 7.43 Å². The van der Waals surface area contributed by atoms with Gasteiger partial charge in [-0.3, -0.25) is 4.90 Å². The normalized spacial score (nSPS) is 19.4. The fourth-order valence-electron chi connectivity index (χ4n) is 4.32. The second-order valence-corrected chi connectivity index (χ2v) is 11.4. The summed E-state index contributed by atoms with van der Waals surface area (Å²) in [5.74, 6) is 1.66. The van der Waals surface area contributed by atoms with Gasteiger partial charge in [0.2, 0.25) is 0 Å². The lowest BCUT2D eigenvalue weighted by molar-refractivity contribution is 0.0253. The van der Waals surface area contributed by atoms with E-state index in [1.54, 1.807) is 0 Å². The molecule has 0 aromatic rings. The standard InChI is InChI=1S/C14H30N2.C12H26N2.CH4/c1-12(2)6-9-15(5)14-7-10-16(11-8-14)13(3)4;1-10(2)6-7-13(5)12-8-14(9-12)11(3)4;/h12-14H,6-11H2,1-5H3;10-12H,6-9H2,1-5H3;1H4. The Bertz CT molecular complexity index is 418. The molecule has 2 aliphatic rings. The Morgan fingerprint density at radius 1 is 0.645 bits per heavy atom. The van der Waals surface area contributed by atoms with Gasteiger partial charge in [-0.15, -0.1) is 0 Å². The van der Waals surface area contributed by atoms with Gasteiger partial charge in [-0.2, -0.15) is 0 Å². The van der Waals surface area contributed by atoms with Crippen LogP contribution in [0.3, 0.4) is 0 Å². The van der Waals surface area contributed by atoms with Gasteiger partial charge < -0.3 is 14.7 Å². The van der Waals surface area contributed by atoms with Crippen LogP contribution in [-0.2, 0) is 0 Å². The molecule has 2 heterocycles. The van der Waals surface area contributed by atoms with Crippen LogP contribution in [0.25, 0.3) is 0 Å². The molecule has 0 bridgehead atoms. The molecule has 0 spiro atoms. The van der Waals surface area contributed by atoms with Crippen LogP contribution in [-0.4, -0.2) is 97.1 Å². The summed E-state index contributed by atoms with van der Waals surface area (Å²) in [4.78, 5) is 10.2. The topological polar surface area (TPSA) is 13.0 Å². The smallest absolute Gasteiger partial charge is 0.0347 e. The third-order valence-electron chi connectivity index (χ3n) is 7.22. The summed E-state index contributed by atoms with van der Waals surface area (Å²) < 4.78 is 0. The van der Waals surface area contributed by atoms with E-state index < -0.39 is 0 Å². The summed E-state index contributed by atoms with van der Waals surface area (Å²) in [5, 5.41) is 0. The zero-order chi connectivity index (χ0) is 22.8. The minimum Gasteiger partial charge on any atom is -0.303 e. The van der Waals surface area contributed by atoms with Crippen LogP contribution in [0.5, 0.6) is 0 Å². The molecule has 188 valence electrons. The van der Waals surface area contributed by atoms with Gasteiger partial charge >= 0.3 is 0 Å². The number of rotatable bonds is 10. The maximum Gasteiger partial charge on any atom is 0.0347 e. The predicted octanol–water partition coefficient (Wildman–Crippen LogP) is 5.53. The third-order valence-corrected chi connectivity index (χ3v) is 7.22. The van der Waals surface area contributed by atoms with Crippen LogP contribution >= 0.6 is 0 Å². The molecule has 4 nitrogen and oxygen atoms in total. The van der Waals surface area contributed by atoms with Crippen molar-refractivity contribution in [3.8, 4) is 0 Å². The predicted molar refractivity (Wildman–Crippen MR) is 141 cm³/mol. The van der Waals surface area contributed by atoms with E-state index in [4.69, 9.17) is 0 Å². The summed E-state index contributed by atoms with van der Waals surface area (Å²) in [5.41, 5.74) is 0. The molecule has 0 saturated carbocycles. The molecule has 0 N–H and O–H groups in total. The lowest BCUT2D eigenvalue weighted by Crippen LogP contribution is -2.60. The second-order valence-electron chi connectivity index (χ2n) is 11.4. The summed E-state index contributed by atoms with van der Waals surface area (Å²) in [6, 6.07) is 3.09. The Morgan fingerprint density at radius 2 is 1.03 bits per heavy atom. The van der Waals surface area contributed by atoms with Gasteiger partial charge in [0.05, 0.1) is 0 Å². The maximum absolute atomic E-state index is 2.60. The van der Waals surface area contributed by atoms with Crippen molar-refractivity contribution in [2.45, 2.75) is 113 Å². The molecule has 2 saturated heterocycles. The number of hydrogen-bond donors (Lipinski definition) is 0. The highest BCUT2D eigenvalue weighted by Gasteiger charge is 2.30. The zero-order valence-electron chi connectivity index (χ0n) is 22.3. The molecule has 2 rings (SSSR count). The van der Waals surface area contributed by atoms with Crippen LogP contribution in [0.2, 0.25) is 0 Å². The van der Waals surface area contributed by atoms with Crippen molar-refractivity contribution in [3.63, 3.8) is 0 Å². The van der Waals surface area contributed by atoms with Gasteiger partial charge in [-0.25, -0.2) is 0 Å². The van der Waals surface area contributed by atoms with E-state index >= 15 is 0 Å². The van der Waals surface area contributed by atoms with Crippen molar-refractivity contribution in [3.05, 3.63) is 0 Å². The van der Waals surface area contributed by atoms with Crippen LogP contribution in [0.1, 0.15) is 88.5 Å².